The van der Waals surface area contributed by atoms with Gasteiger partial charge < -0.3 is 5.73 Å². The van der Waals surface area contributed by atoms with Crippen molar-refractivity contribution in [2.24, 2.45) is 0 Å². The highest BCUT2D eigenvalue weighted by atomic mass is 14.6. The smallest absolute Gasteiger partial charge is 0.0396 e. The van der Waals surface area contributed by atoms with Crippen molar-refractivity contribution in [3.63, 3.8) is 0 Å². The first-order valence-corrected chi connectivity index (χ1v) is 6.90. The van der Waals surface area contributed by atoms with Crippen LogP contribution in [0.2, 0.25) is 0 Å². The van der Waals surface area contributed by atoms with E-state index in [0.717, 1.165) is 12.1 Å². The molecule has 2 N–H and O–H groups in total. The van der Waals surface area contributed by atoms with E-state index in [1.165, 1.54) is 33.4 Å². The van der Waals surface area contributed by atoms with Crippen LogP contribution in [0.1, 0.15) is 43.0 Å². The zero-order valence-electron chi connectivity index (χ0n) is 12.2. The third-order valence-electron chi connectivity index (χ3n) is 4.19. The second-order valence-electron chi connectivity index (χ2n) is 6.58. The van der Waals surface area contributed by atoms with Crippen LogP contribution in [-0.2, 0) is 11.8 Å². The highest BCUT2D eigenvalue weighted by Gasteiger charge is 2.28. The Labute approximate surface area is 115 Å². The van der Waals surface area contributed by atoms with Gasteiger partial charge in [0.2, 0.25) is 0 Å². The van der Waals surface area contributed by atoms with Crippen LogP contribution in [0.15, 0.2) is 30.3 Å². The Morgan fingerprint density at radius 2 is 1.74 bits per heavy atom. The average Bonchev–Trinajstić information content (AvgIpc) is 2.69. The standard InChI is InChI=1S/C18H21N/c1-11-6-5-7-12-13(11)10-14-15(18(2,3)4)8-9-16(19)17(12)14/h5-9H,10,19H2,1-4H3. The largest absolute Gasteiger partial charge is 0.398 e. The summed E-state index contributed by atoms with van der Waals surface area (Å²) in [7, 11) is 0. The van der Waals surface area contributed by atoms with Gasteiger partial charge >= 0.3 is 0 Å². The summed E-state index contributed by atoms with van der Waals surface area (Å²) < 4.78 is 0. The third-order valence-corrected chi connectivity index (χ3v) is 4.19. The van der Waals surface area contributed by atoms with E-state index in [2.05, 4.69) is 58.0 Å². The molecule has 19 heavy (non-hydrogen) atoms. The van der Waals surface area contributed by atoms with Gasteiger partial charge in [0.15, 0.2) is 0 Å². The second-order valence-corrected chi connectivity index (χ2v) is 6.58. The Hall–Kier alpha value is -1.76. The molecule has 0 radical (unpaired) electrons. The summed E-state index contributed by atoms with van der Waals surface area (Å²) in [6, 6.07) is 10.8. The second kappa shape index (κ2) is 3.86. The number of nitrogen functional groups attached to an aromatic ring is 1. The van der Waals surface area contributed by atoms with Crippen molar-refractivity contribution in [1.82, 2.24) is 0 Å². The molecule has 1 nitrogen and oxygen atoms in total. The summed E-state index contributed by atoms with van der Waals surface area (Å²) in [6.07, 6.45) is 1.02. The Kier molecular flexibility index (Phi) is 2.50. The van der Waals surface area contributed by atoms with Crippen LogP contribution in [0.4, 0.5) is 5.69 Å². The fourth-order valence-corrected chi connectivity index (χ4v) is 3.22. The summed E-state index contributed by atoms with van der Waals surface area (Å²) >= 11 is 0. The molecule has 1 heteroatoms. The predicted octanol–water partition coefficient (Wildman–Crippen LogP) is 4.45. The number of fused-ring (bicyclic) bond motifs is 3. The quantitative estimate of drug-likeness (QED) is 0.587. The van der Waals surface area contributed by atoms with E-state index < -0.39 is 0 Å². The fourth-order valence-electron chi connectivity index (χ4n) is 3.22. The van der Waals surface area contributed by atoms with Gasteiger partial charge in [0.05, 0.1) is 0 Å². The van der Waals surface area contributed by atoms with Crippen LogP contribution in [-0.4, -0.2) is 0 Å². The number of anilines is 1. The van der Waals surface area contributed by atoms with Gasteiger partial charge in [-0.2, -0.15) is 0 Å². The summed E-state index contributed by atoms with van der Waals surface area (Å²) in [5.41, 5.74) is 15.6. The molecule has 0 saturated heterocycles. The lowest BCUT2D eigenvalue weighted by atomic mass is 9.82. The molecule has 1 aliphatic rings. The van der Waals surface area contributed by atoms with Crippen LogP contribution in [0.3, 0.4) is 0 Å². The van der Waals surface area contributed by atoms with Crippen LogP contribution in [0.25, 0.3) is 11.1 Å². The van der Waals surface area contributed by atoms with Gasteiger partial charge in [-0.25, -0.2) is 0 Å². The van der Waals surface area contributed by atoms with Crippen LogP contribution < -0.4 is 5.73 Å². The molecule has 0 heterocycles. The fraction of sp³-hybridized carbons (Fsp3) is 0.333. The first kappa shape index (κ1) is 12.3. The van der Waals surface area contributed by atoms with E-state index in [4.69, 9.17) is 5.73 Å². The molecule has 3 rings (SSSR count). The van der Waals surface area contributed by atoms with Gasteiger partial charge in [-0.05, 0) is 52.6 Å². The minimum absolute atomic E-state index is 0.160. The van der Waals surface area contributed by atoms with E-state index in [-0.39, 0.29) is 5.41 Å². The molecule has 0 aromatic heterocycles. The molecular formula is C18H21N. The summed E-state index contributed by atoms with van der Waals surface area (Å²) in [5.74, 6) is 0. The zero-order chi connectivity index (χ0) is 13.8. The molecule has 0 saturated carbocycles. The number of hydrogen-bond acceptors (Lipinski definition) is 1. The highest BCUT2D eigenvalue weighted by Crippen LogP contribution is 2.45. The monoisotopic (exact) mass is 251 g/mol. The van der Waals surface area contributed by atoms with Crippen molar-refractivity contribution in [3.05, 3.63) is 52.6 Å². The van der Waals surface area contributed by atoms with Crippen molar-refractivity contribution in [3.8, 4) is 11.1 Å². The molecule has 2 aromatic carbocycles. The highest BCUT2D eigenvalue weighted by molar-refractivity contribution is 5.87. The van der Waals surface area contributed by atoms with Gasteiger partial charge in [-0.1, -0.05) is 45.0 Å². The molecule has 0 amide bonds. The Morgan fingerprint density at radius 1 is 1.00 bits per heavy atom. The molecule has 98 valence electrons. The first-order valence-electron chi connectivity index (χ1n) is 6.90. The van der Waals surface area contributed by atoms with E-state index in [9.17, 15) is 0 Å². The van der Waals surface area contributed by atoms with Gasteiger partial charge in [0, 0.05) is 11.3 Å². The third kappa shape index (κ3) is 1.76. The normalized spacial score (nSPS) is 13.3. The van der Waals surface area contributed by atoms with Gasteiger partial charge in [0.1, 0.15) is 0 Å². The number of benzene rings is 2. The van der Waals surface area contributed by atoms with Gasteiger partial charge in [-0.15, -0.1) is 0 Å². The molecule has 0 spiro atoms. The molecular weight excluding hydrogens is 230 g/mol. The summed E-state index contributed by atoms with van der Waals surface area (Å²) in [5, 5.41) is 0. The maximum absolute atomic E-state index is 6.25. The molecule has 0 aliphatic heterocycles. The van der Waals surface area contributed by atoms with E-state index in [0.29, 0.717) is 0 Å². The van der Waals surface area contributed by atoms with Crippen molar-refractivity contribution in [1.29, 1.82) is 0 Å². The molecule has 0 fully saturated rings. The molecule has 0 atom stereocenters. The van der Waals surface area contributed by atoms with Gasteiger partial charge in [0.25, 0.3) is 0 Å². The number of hydrogen-bond donors (Lipinski definition) is 1. The summed E-state index contributed by atoms with van der Waals surface area (Å²) in [6.45, 7) is 9.01. The maximum Gasteiger partial charge on any atom is 0.0396 e. The molecule has 0 unspecified atom stereocenters. The van der Waals surface area contributed by atoms with Crippen LogP contribution in [0, 0.1) is 6.92 Å². The van der Waals surface area contributed by atoms with Crippen LogP contribution >= 0.6 is 0 Å². The maximum atomic E-state index is 6.25. The van der Waals surface area contributed by atoms with Crippen LogP contribution in [0.5, 0.6) is 0 Å². The number of nitrogens with two attached hydrogens (primary N) is 1. The van der Waals surface area contributed by atoms with Crippen molar-refractivity contribution in [2.45, 2.75) is 39.5 Å². The lowest BCUT2D eigenvalue weighted by Gasteiger charge is -2.23. The lowest BCUT2D eigenvalue weighted by Crippen LogP contribution is -2.14. The van der Waals surface area contributed by atoms with Crippen molar-refractivity contribution >= 4 is 5.69 Å². The Balaban J connectivity index is 2.32. The van der Waals surface area contributed by atoms with E-state index in [1.54, 1.807) is 0 Å². The van der Waals surface area contributed by atoms with E-state index in [1.807, 2.05) is 0 Å². The molecule has 0 bridgehead atoms. The van der Waals surface area contributed by atoms with Crippen molar-refractivity contribution in [2.75, 3.05) is 5.73 Å². The average molecular weight is 251 g/mol. The predicted molar refractivity (Wildman–Crippen MR) is 82.5 cm³/mol. The van der Waals surface area contributed by atoms with E-state index >= 15 is 0 Å². The first-order chi connectivity index (χ1) is 8.89. The van der Waals surface area contributed by atoms with Crippen molar-refractivity contribution < 1.29 is 0 Å². The van der Waals surface area contributed by atoms with Gasteiger partial charge in [-0.3, -0.25) is 0 Å². The summed E-state index contributed by atoms with van der Waals surface area (Å²) in [4.78, 5) is 0. The minimum atomic E-state index is 0.160. The molecule has 2 aromatic rings. The lowest BCUT2D eigenvalue weighted by molar-refractivity contribution is 0.585. The molecule has 1 aliphatic carbocycles. The zero-order valence-corrected chi connectivity index (χ0v) is 12.2. The SMILES string of the molecule is Cc1cccc2c1Cc1c(C(C)(C)C)ccc(N)c1-2. The number of rotatable bonds is 0. The number of aryl methyl sites for hydroxylation is 1. The minimum Gasteiger partial charge on any atom is -0.398 e. The topological polar surface area (TPSA) is 26.0 Å². The Bertz CT molecular complexity index is 660. The Morgan fingerprint density at radius 3 is 2.42 bits per heavy atom.